The van der Waals surface area contributed by atoms with E-state index in [0.717, 1.165) is 24.3 Å². The summed E-state index contributed by atoms with van der Waals surface area (Å²) >= 11 is 0. The molecular weight excluding hydrogens is 290 g/mol. The van der Waals surface area contributed by atoms with Crippen LogP contribution in [0.25, 0.3) is 6.08 Å². The number of hydrogen-bond donors (Lipinski definition) is 1. The molecule has 1 aliphatic heterocycles. The fraction of sp³-hybridized carbons (Fsp3) is 0.211. The normalized spacial score (nSPS) is 14.7. The second-order valence-electron chi connectivity index (χ2n) is 5.38. The zero-order chi connectivity index (χ0) is 16.4. The monoisotopic (exact) mass is 309 g/mol. The van der Waals surface area contributed by atoms with Crippen LogP contribution in [0, 0.1) is 0 Å². The number of phenols is 1. The lowest BCUT2D eigenvalue weighted by molar-refractivity contribution is 0.101. The summed E-state index contributed by atoms with van der Waals surface area (Å²) in [6.45, 7) is 6.16. The van der Waals surface area contributed by atoms with E-state index in [4.69, 9.17) is 4.74 Å². The van der Waals surface area contributed by atoms with Gasteiger partial charge in [0, 0.05) is 24.8 Å². The van der Waals surface area contributed by atoms with Gasteiger partial charge in [-0.2, -0.15) is 0 Å². The molecule has 0 aliphatic carbocycles. The molecule has 1 heterocycles. The Morgan fingerprint density at radius 1 is 1.09 bits per heavy atom. The van der Waals surface area contributed by atoms with Gasteiger partial charge in [-0.05, 0) is 49.8 Å². The van der Waals surface area contributed by atoms with Crippen molar-refractivity contribution in [3.8, 4) is 11.5 Å². The topological polar surface area (TPSA) is 49.8 Å². The third-order valence-corrected chi connectivity index (χ3v) is 3.97. The van der Waals surface area contributed by atoms with E-state index in [1.165, 1.54) is 12.1 Å². The molecule has 0 saturated carbocycles. The summed E-state index contributed by atoms with van der Waals surface area (Å²) in [5, 5.41) is 9.47. The van der Waals surface area contributed by atoms with E-state index < -0.39 is 0 Å². The minimum absolute atomic E-state index is 0.0846. The minimum Gasteiger partial charge on any atom is -0.508 e. The van der Waals surface area contributed by atoms with Gasteiger partial charge in [0.1, 0.15) is 11.5 Å². The molecule has 4 heteroatoms. The number of ketones is 1. The van der Waals surface area contributed by atoms with Crippen LogP contribution < -0.4 is 9.64 Å². The smallest absolute Gasteiger partial charge is 0.231 e. The molecule has 0 fully saturated rings. The molecule has 3 rings (SSSR count). The van der Waals surface area contributed by atoms with Crippen LogP contribution in [0.3, 0.4) is 0 Å². The van der Waals surface area contributed by atoms with Crippen LogP contribution >= 0.6 is 0 Å². The van der Waals surface area contributed by atoms with Gasteiger partial charge in [0.05, 0.1) is 5.56 Å². The van der Waals surface area contributed by atoms with Gasteiger partial charge in [0.15, 0.2) is 5.76 Å². The van der Waals surface area contributed by atoms with Crippen LogP contribution in [0.15, 0.2) is 48.2 Å². The highest BCUT2D eigenvalue weighted by Gasteiger charge is 2.27. The van der Waals surface area contributed by atoms with E-state index in [1.807, 2.05) is 24.3 Å². The molecule has 2 aromatic rings. The number of aromatic hydroxyl groups is 1. The first-order chi connectivity index (χ1) is 11.1. The maximum atomic E-state index is 12.3. The van der Waals surface area contributed by atoms with E-state index in [2.05, 4.69) is 18.7 Å². The average Bonchev–Trinajstić information content (AvgIpc) is 2.85. The molecule has 4 nitrogen and oxygen atoms in total. The third-order valence-electron chi connectivity index (χ3n) is 3.97. The zero-order valence-corrected chi connectivity index (χ0v) is 13.2. The molecule has 1 aliphatic rings. The number of hydrogen-bond acceptors (Lipinski definition) is 4. The predicted molar refractivity (Wildman–Crippen MR) is 91.0 cm³/mol. The van der Waals surface area contributed by atoms with Gasteiger partial charge in [-0.1, -0.05) is 12.1 Å². The van der Waals surface area contributed by atoms with E-state index in [9.17, 15) is 9.90 Å². The van der Waals surface area contributed by atoms with Crippen molar-refractivity contribution in [3.63, 3.8) is 0 Å². The molecule has 0 atom stereocenters. The minimum atomic E-state index is -0.159. The van der Waals surface area contributed by atoms with E-state index in [1.54, 1.807) is 12.1 Å². The lowest BCUT2D eigenvalue weighted by atomic mass is 10.1. The summed E-state index contributed by atoms with van der Waals surface area (Å²) in [4.78, 5) is 14.6. The van der Waals surface area contributed by atoms with Gasteiger partial charge in [-0.25, -0.2) is 0 Å². The maximum absolute atomic E-state index is 12.3. The fourth-order valence-corrected chi connectivity index (χ4v) is 2.70. The summed E-state index contributed by atoms with van der Waals surface area (Å²) in [6.07, 6.45) is 1.73. The standard InChI is InChI=1S/C19H19NO3/c1-3-20(4-2)14-7-5-13(6-8-14)11-18-19(22)16-10-9-15(21)12-17(16)23-18/h5-12,21H,3-4H2,1-2H3/b18-11+. The summed E-state index contributed by atoms with van der Waals surface area (Å²) in [6, 6.07) is 12.5. The van der Waals surface area contributed by atoms with Gasteiger partial charge in [0.2, 0.25) is 5.78 Å². The number of carbonyl (C=O) groups excluding carboxylic acids is 1. The number of rotatable bonds is 4. The molecule has 118 valence electrons. The van der Waals surface area contributed by atoms with Crippen molar-refractivity contribution < 1.29 is 14.6 Å². The average molecular weight is 309 g/mol. The van der Waals surface area contributed by atoms with Gasteiger partial charge in [-0.15, -0.1) is 0 Å². The van der Waals surface area contributed by atoms with Crippen LogP contribution in [0.5, 0.6) is 11.5 Å². The predicted octanol–water partition coefficient (Wildman–Crippen LogP) is 3.85. The van der Waals surface area contributed by atoms with Crippen LogP contribution in [0.2, 0.25) is 0 Å². The summed E-state index contributed by atoms with van der Waals surface area (Å²) in [5.41, 5.74) is 2.54. The number of anilines is 1. The third kappa shape index (κ3) is 2.93. The first-order valence-corrected chi connectivity index (χ1v) is 7.74. The van der Waals surface area contributed by atoms with E-state index in [-0.39, 0.29) is 17.3 Å². The number of allylic oxidation sites excluding steroid dienone is 1. The molecule has 0 bridgehead atoms. The van der Waals surface area contributed by atoms with Crippen molar-refractivity contribution in [1.29, 1.82) is 0 Å². The van der Waals surface area contributed by atoms with Crippen molar-refractivity contribution in [2.24, 2.45) is 0 Å². The Labute approximate surface area is 135 Å². The maximum Gasteiger partial charge on any atom is 0.231 e. The van der Waals surface area contributed by atoms with Crippen molar-refractivity contribution in [2.45, 2.75) is 13.8 Å². The number of Topliss-reactive ketones (excluding diaryl/α,β-unsaturated/α-hetero) is 1. The van der Waals surface area contributed by atoms with Gasteiger partial charge < -0.3 is 14.7 Å². The quantitative estimate of drug-likeness (QED) is 0.871. The van der Waals surface area contributed by atoms with Crippen molar-refractivity contribution in [3.05, 3.63) is 59.4 Å². The second kappa shape index (κ2) is 6.16. The van der Waals surface area contributed by atoms with Crippen molar-refractivity contribution >= 4 is 17.5 Å². The largest absolute Gasteiger partial charge is 0.508 e. The van der Waals surface area contributed by atoms with Crippen LogP contribution in [-0.4, -0.2) is 24.0 Å². The molecular formula is C19H19NO3. The Morgan fingerprint density at radius 2 is 1.78 bits per heavy atom. The highest BCUT2D eigenvalue weighted by molar-refractivity contribution is 6.14. The molecule has 0 saturated heterocycles. The lowest BCUT2D eigenvalue weighted by Gasteiger charge is -2.20. The van der Waals surface area contributed by atoms with E-state index in [0.29, 0.717) is 11.3 Å². The van der Waals surface area contributed by atoms with Crippen molar-refractivity contribution in [2.75, 3.05) is 18.0 Å². The lowest BCUT2D eigenvalue weighted by Crippen LogP contribution is -2.21. The Bertz CT molecular complexity index is 759. The van der Waals surface area contributed by atoms with Crippen molar-refractivity contribution in [1.82, 2.24) is 0 Å². The Balaban J connectivity index is 1.84. The Morgan fingerprint density at radius 3 is 2.43 bits per heavy atom. The second-order valence-corrected chi connectivity index (χ2v) is 5.38. The number of fused-ring (bicyclic) bond motifs is 1. The van der Waals surface area contributed by atoms with Gasteiger partial charge in [0.25, 0.3) is 0 Å². The molecule has 1 N–H and O–H groups in total. The number of carbonyl (C=O) groups is 1. The van der Waals surface area contributed by atoms with Crippen LogP contribution in [-0.2, 0) is 0 Å². The molecule has 0 aromatic heterocycles. The summed E-state index contributed by atoms with van der Waals surface area (Å²) in [5.74, 6) is 0.608. The highest BCUT2D eigenvalue weighted by Crippen LogP contribution is 2.34. The highest BCUT2D eigenvalue weighted by atomic mass is 16.5. The van der Waals surface area contributed by atoms with Crippen LogP contribution in [0.4, 0.5) is 5.69 Å². The fourth-order valence-electron chi connectivity index (χ4n) is 2.70. The van der Waals surface area contributed by atoms with E-state index >= 15 is 0 Å². The molecule has 0 unspecified atom stereocenters. The summed E-state index contributed by atoms with van der Waals surface area (Å²) < 4.78 is 5.57. The summed E-state index contributed by atoms with van der Waals surface area (Å²) in [7, 11) is 0. The van der Waals surface area contributed by atoms with Gasteiger partial charge >= 0.3 is 0 Å². The molecule has 2 aromatic carbocycles. The number of phenolic OH excluding ortho intramolecular Hbond substituents is 1. The molecule has 0 radical (unpaired) electrons. The molecule has 23 heavy (non-hydrogen) atoms. The molecule has 0 spiro atoms. The number of nitrogens with zero attached hydrogens (tertiary/aromatic N) is 1. The number of benzene rings is 2. The van der Waals surface area contributed by atoms with Crippen LogP contribution in [0.1, 0.15) is 29.8 Å². The Hall–Kier alpha value is -2.75. The number of ether oxygens (including phenoxy) is 1. The SMILES string of the molecule is CCN(CC)c1ccc(/C=C2/Oc3cc(O)ccc3C2=O)cc1. The Kier molecular flexibility index (Phi) is 4.06. The zero-order valence-electron chi connectivity index (χ0n) is 13.2. The first kappa shape index (κ1) is 15.2. The van der Waals surface area contributed by atoms with Gasteiger partial charge in [-0.3, -0.25) is 4.79 Å². The first-order valence-electron chi connectivity index (χ1n) is 7.74. The molecule has 0 amide bonds.